The van der Waals surface area contributed by atoms with E-state index in [0.717, 1.165) is 38.6 Å². The number of carbonyl (C=O) groups is 2. The van der Waals surface area contributed by atoms with E-state index in [2.05, 4.69) is 34.1 Å². The van der Waals surface area contributed by atoms with Gasteiger partial charge in [-0.25, -0.2) is 4.79 Å². The van der Waals surface area contributed by atoms with Crippen LogP contribution in [-0.2, 0) is 16.0 Å². The number of hydrogen-bond donors (Lipinski definition) is 1. The van der Waals surface area contributed by atoms with Gasteiger partial charge in [-0.3, -0.25) is 4.79 Å². The van der Waals surface area contributed by atoms with Crippen LogP contribution in [0.15, 0.2) is 24.3 Å². The monoisotopic (exact) mass is 409 g/mol. The number of para-hydroxylation sites is 1. The zero-order valence-electron chi connectivity index (χ0n) is 17.9. The second-order valence-corrected chi connectivity index (χ2v) is 9.38. The normalized spacial score (nSPS) is 26.3. The molecule has 0 spiro atoms. The fraction of sp³-hybridized carbons (Fsp3) is 0.583. The number of benzene rings is 1. The van der Waals surface area contributed by atoms with Gasteiger partial charge in [-0.1, -0.05) is 18.2 Å². The van der Waals surface area contributed by atoms with Gasteiger partial charge in [0.15, 0.2) is 0 Å². The number of H-pyrrole nitrogens is 1. The zero-order chi connectivity index (χ0) is 20.8. The molecule has 2 fully saturated rings. The maximum atomic E-state index is 13.6. The summed E-state index contributed by atoms with van der Waals surface area (Å²) in [5, 5.41) is 1.31. The quantitative estimate of drug-likeness (QED) is 0.824. The van der Waals surface area contributed by atoms with Gasteiger partial charge < -0.3 is 19.5 Å². The maximum absolute atomic E-state index is 13.6. The molecule has 1 aromatic heterocycles. The van der Waals surface area contributed by atoms with Crippen LogP contribution < -0.4 is 0 Å². The fourth-order valence-corrected chi connectivity index (χ4v) is 5.33. The van der Waals surface area contributed by atoms with Gasteiger partial charge in [0.25, 0.3) is 0 Å². The summed E-state index contributed by atoms with van der Waals surface area (Å²) in [6, 6.07) is 8.70. The molecule has 2 saturated carbocycles. The van der Waals surface area contributed by atoms with E-state index in [0.29, 0.717) is 11.8 Å². The number of aromatic amines is 1. The Morgan fingerprint density at radius 3 is 2.50 bits per heavy atom. The number of ether oxygens (including phenoxy) is 1. The minimum atomic E-state index is -0.291. The molecule has 0 radical (unpaired) electrons. The van der Waals surface area contributed by atoms with E-state index in [-0.39, 0.29) is 24.2 Å². The van der Waals surface area contributed by atoms with Crippen LogP contribution in [0.25, 0.3) is 10.9 Å². The van der Waals surface area contributed by atoms with Crippen molar-refractivity contribution in [1.82, 2.24) is 14.8 Å². The van der Waals surface area contributed by atoms with Crippen LogP contribution in [0.4, 0.5) is 4.79 Å². The van der Waals surface area contributed by atoms with Gasteiger partial charge in [-0.2, -0.15) is 0 Å². The van der Waals surface area contributed by atoms with E-state index < -0.39 is 0 Å². The topological polar surface area (TPSA) is 65.6 Å². The number of fused-ring (bicyclic) bond motifs is 3. The Morgan fingerprint density at radius 1 is 1.07 bits per heavy atom. The number of rotatable bonds is 3. The summed E-state index contributed by atoms with van der Waals surface area (Å²) in [5.41, 5.74) is 3.86. The molecule has 5 rings (SSSR count). The Kier molecular flexibility index (Phi) is 4.95. The van der Waals surface area contributed by atoms with E-state index in [4.69, 9.17) is 4.74 Å². The second-order valence-electron chi connectivity index (χ2n) is 9.38. The zero-order valence-corrected chi connectivity index (χ0v) is 17.9. The molecular formula is C24H31N3O3. The maximum Gasteiger partial charge on any atom is 0.409 e. The second kappa shape index (κ2) is 7.64. The molecule has 6 heteroatoms. The minimum Gasteiger partial charge on any atom is -0.446 e. The molecule has 1 aromatic carbocycles. The van der Waals surface area contributed by atoms with Crippen LogP contribution in [-0.4, -0.2) is 53.5 Å². The third-order valence-corrected chi connectivity index (χ3v) is 7.09. The van der Waals surface area contributed by atoms with E-state index in [1.165, 1.54) is 39.9 Å². The summed E-state index contributed by atoms with van der Waals surface area (Å²) in [6.45, 7) is 0.810. The smallest absolute Gasteiger partial charge is 0.409 e. The van der Waals surface area contributed by atoms with Crippen molar-refractivity contribution >= 4 is 22.9 Å². The highest BCUT2D eigenvalue weighted by atomic mass is 16.6. The van der Waals surface area contributed by atoms with Crippen molar-refractivity contribution in [2.45, 2.75) is 57.1 Å². The van der Waals surface area contributed by atoms with Crippen LogP contribution in [0.5, 0.6) is 0 Å². The number of hydrogen-bond acceptors (Lipinski definition) is 3. The highest BCUT2D eigenvalue weighted by Crippen LogP contribution is 2.49. The number of nitrogens with zero attached hydrogens (tertiary/aromatic N) is 2. The summed E-state index contributed by atoms with van der Waals surface area (Å²) in [4.78, 5) is 32.7. The molecule has 2 aromatic rings. The van der Waals surface area contributed by atoms with E-state index in [9.17, 15) is 9.59 Å². The van der Waals surface area contributed by atoms with Gasteiger partial charge in [0.05, 0.1) is 6.04 Å². The third-order valence-electron chi connectivity index (χ3n) is 7.09. The summed E-state index contributed by atoms with van der Waals surface area (Å²) < 4.78 is 5.53. The molecular weight excluding hydrogens is 378 g/mol. The number of nitrogens with one attached hydrogen (secondary N) is 1. The molecule has 1 aliphatic heterocycles. The van der Waals surface area contributed by atoms with Gasteiger partial charge in [0.1, 0.15) is 6.10 Å². The van der Waals surface area contributed by atoms with Crippen molar-refractivity contribution in [3.63, 3.8) is 0 Å². The van der Waals surface area contributed by atoms with Gasteiger partial charge in [0.2, 0.25) is 5.91 Å². The van der Waals surface area contributed by atoms with Crippen molar-refractivity contribution in [2.24, 2.45) is 11.8 Å². The van der Waals surface area contributed by atoms with Crippen LogP contribution in [0.3, 0.4) is 0 Å². The summed E-state index contributed by atoms with van der Waals surface area (Å²) in [5.74, 6) is 0.929. The Balaban J connectivity index is 1.31. The first kappa shape index (κ1) is 19.5. The Bertz CT molecular complexity index is 954. The van der Waals surface area contributed by atoms with E-state index in [1.807, 2.05) is 0 Å². The molecule has 2 amide bonds. The molecule has 0 saturated heterocycles. The molecule has 160 valence electrons. The summed E-state index contributed by atoms with van der Waals surface area (Å²) >= 11 is 0. The first-order valence-electron chi connectivity index (χ1n) is 11.3. The highest BCUT2D eigenvalue weighted by Gasteiger charge is 2.44. The molecule has 2 aliphatic carbocycles. The van der Waals surface area contributed by atoms with Gasteiger partial charge in [-0.15, -0.1) is 0 Å². The average Bonchev–Trinajstić information content (AvgIpc) is 3.52. The number of amides is 2. The minimum absolute atomic E-state index is 0.0477. The summed E-state index contributed by atoms with van der Waals surface area (Å²) in [6.07, 6.45) is 6.13. The predicted molar refractivity (Wildman–Crippen MR) is 115 cm³/mol. The van der Waals surface area contributed by atoms with Crippen LogP contribution in [0.1, 0.15) is 55.8 Å². The van der Waals surface area contributed by atoms with Crippen molar-refractivity contribution < 1.29 is 14.3 Å². The van der Waals surface area contributed by atoms with Crippen molar-refractivity contribution in [3.8, 4) is 0 Å². The highest BCUT2D eigenvalue weighted by molar-refractivity contribution is 5.86. The number of carbonyl (C=O) groups excluding carboxylic acids is 2. The lowest BCUT2D eigenvalue weighted by molar-refractivity contribution is -0.141. The SMILES string of the molecule is CN(C)C(=O)O[C@H]1CC[C@H](C(=O)N2CCc3c([nH]c4ccccc34)C2C2CC2)CC1. The molecule has 1 atom stereocenters. The molecule has 6 nitrogen and oxygen atoms in total. The van der Waals surface area contributed by atoms with Crippen molar-refractivity contribution in [1.29, 1.82) is 0 Å². The summed E-state index contributed by atoms with van der Waals surface area (Å²) in [7, 11) is 3.40. The first-order chi connectivity index (χ1) is 14.5. The van der Waals surface area contributed by atoms with Gasteiger partial charge >= 0.3 is 6.09 Å². The molecule has 0 bridgehead atoms. The van der Waals surface area contributed by atoms with Gasteiger partial charge in [0, 0.05) is 43.2 Å². The van der Waals surface area contributed by atoms with Crippen LogP contribution in [0, 0.1) is 11.8 Å². The molecule has 30 heavy (non-hydrogen) atoms. The third kappa shape index (κ3) is 3.46. The lowest BCUT2D eigenvalue weighted by Crippen LogP contribution is -2.45. The Hall–Kier alpha value is -2.50. The molecule has 3 aliphatic rings. The lowest BCUT2D eigenvalue weighted by Gasteiger charge is -2.39. The average molecular weight is 410 g/mol. The fourth-order valence-electron chi connectivity index (χ4n) is 5.33. The largest absolute Gasteiger partial charge is 0.446 e. The van der Waals surface area contributed by atoms with E-state index >= 15 is 0 Å². The van der Waals surface area contributed by atoms with Gasteiger partial charge in [-0.05, 0) is 62.5 Å². The lowest BCUT2D eigenvalue weighted by atomic mass is 9.84. The Labute approximate surface area is 177 Å². The standard InChI is InChI=1S/C24H31N3O3/c1-26(2)24(29)30-17-11-9-16(10-12-17)23(28)27-14-13-19-18-5-3-4-6-20(18)25-21(19)22(27)15-7-8-15/h3-6,15-17,22,25H,7-14H2,1-2H3/t16-,17-,22?. The van der Waals surface area contributed by atoms with Crippen molar-refractivity contribution in [2.75, 3.05) is 20.6 Å². The Morgan fingerprint density at radius 2 is 1.80 bits per heavy atom. The van der Waals surface area contributed by atoms with Crippen molar-refractivity contribution in [3.05, 3.63) is 35.5 Å². The molecule has 1 N–H and O–H groups in total. The van der Waals surface area contributed by atoms with E-state index in [1.54, 1.807) is 14.1 Å². The first-order valence-corrected chi connectivity index (χ1v) is 11.3. The molecule has 1 unspecified atom stereocenters. The predicted octanol–water partition coefficient (Wildman–Crippen LogP) is 4.26. The molecule has 2 heterocycles. The number of aromatic nitrogens is 1. The van der Waals surface area contributed by atoms with Crippen LogP contribution in [0.2, 0.25) is 0 Å². The van der Waals surface area contributed by atoms with Crippen LogP contribution >= 0.6 is 0 Å².